The molecule has 0 bridgehead atoms. The maximum atomic E-state index is 13.4. The minimum Gasteiger partial charge on any atom is -0.411 e. The standard InChI is InChI=1S/C21H18BrFN2O2/c1-25-13-16(6-11-21(25)26)20(24-27)12-19(14-2-7-17(22)8-3-14)15-4-9-18(23)10-5-15/h2-11,13,19,27H,12H2,1H3/b24-20+. The van der Waals surface area contributed by atoms with E-state index in [1.165, 1.54) is 22.8 Å². The molecule has 1 N–H and O–H groups in total. The summed E-state index contributed by atoms with van der Waals surface area (Å²) in [5, 5.41) is 13.1. The zero-order chi connectivity index (χ0) is 19.4. The van der Waals surface area contributed by atoms with Gasteiger partial charge in [-0.25, -0.2) is 4.39 Å². The molecule has 27 heavy (non-hydrogen) atoms. The quantitative estimate of drug-likeness (QED) is 0.364. The molecule has 0 aliphatic carbocycles. The zero-order valence-electron chi connectivity index (χ0n) is 14.6. The van der Waals surface area contributed by atoms with E-state index in [1.54, 1.807) is 31.4 Å². The van der Waals surface area contributed by atoms with Gasteiger partial charge in [0.25, 0.3) is 0 Å². The van der Waals surface area contributed by atoms with Crippen LogP contribution in [0.1, 0.15) is 29.0 Å². The molecule has 0 fully saturated rings. The minimum atomic E-state index is -0.303. The summed E-state index contributed by atoms with van der Waals surface area (Å²) in [7, 11) is 1.65. The van der Waals surface area contributed by atoms with Crippen molar-refractivity contribution in [3.63, 3.8) is 0 Å². The molecule has 0 spiro atoms. The molecular weight excluding hydrogens is 411 g/mol. The van der Waals surface area contributed by atoms with Crippen LogP contribution >= 0.6 is 15.9 Å². The van der Waals surface area contributed by atoms with E-state index in [9.17, 15) is 14.4 Å². The topological polar surface area (TPSA) is 54.6 Å². The van der Waals surface area contributed by atoms with Gasteiger partial charge >= 0.3 is 0 Å². The fourth-order valence-corrected chi connectivity index (χ4v) is 3.26. The van der Waals surface area contributed by atoms with Crippen molar-refractivity contribution >= 4 is 21.6 Å². The second-order valence-corrected chi connectivity index (χ2v) is 7.19. The number of halogens is 2. The van der Waals surface area contributed by atoms with E-state index in [2.05, 4.69) is 21.1 Å². The number of aryl methyl sites for hydroxylation is 1. The van der Waals surface area contributed by atoms with Crippen LogP contribution in [-0.2, 0) is 7.05 Å². The SMILES string of the molecule is Cn1cc(/C(CC(c2ccc(F)cc2)c2ccc(Br)cc2)=N/O)ccc1=O. The van der Waals surface area contributed by atoms with E-state index in [4.69, 9.17) is 0 Å². The van der Waals surface area contributed by atoms with Gasteiger partial charge < -0.3 is 9.77 Å². The number of hydrogen-bond acceptors (Lipinski definition) is 3. The number of pyridine rings is 1. The zero-order valence-corrected chi connectivity index (χ0v) is 16.2. The third-order valence-electron chi connectivity index (χ3n) is 4.48. The van der Waals surface area contributed by atoms with E-state index >= 15 is 0 Å². The van der Waals surface area contributed by atoms with Gasteiger partial charge in [-0.15, -0.1) is 0 Å². The first-order valence-electron chi connectivity index (χ1n) is 8.37. The van der Waals surface area contributed by atoms with Gasteiger partial charge in [0, 0.05) is 41.7 Å². The molecule has 1 atom stereocenters. The van der Waals surface area contributed by atoms with Gasteiger partial charge in [-0.3, -0.25) is 4.79 Å². The smallest absolute Gasteiger partial charge is 0.250 e. The molecule has 1 unspecified atom stereocenters. The van der Waals surface area contributed by atoms with Crippen molar-refractivity contribution in [1.29, 1.82) is 0 Å². The van der Waals surface area contributed by atoms with Crippen molar-refractivity contribution in [3.8, 4) is 0 Å². The highest BCUT2D eigenvalue weighted by Gasteiger charge is 2.19. The van der Waals surface area contributed by atoms with Crippen LogP contribution in [-0.4, -0.2) is 15.5 Å². The molecule has 3 aromatic rings. The van der Waals surface area contributed by atoms with E-state index < -0.39 is 0 Å². The second-order valence-electron chi connectivity index (χ2n) is 6.27. The summed E-state index contributed by atoms with van der Waals surface area (Å²) in [5.41, 5.74) is 2.88. The molecule has 0 aliphatic rings. The van der Waals surface area contributed by atoms with Crippen LogP contribution in [0.3, 0.4) is 0 Å². The third-order valence-corrected chi connectivity index (χ3v) is 5.01. The number of nitrogens with zero attached hydrogens (tertiary/aromatic N) is 2. The van der Waals surface area contributed by atoms with Crippen molar-refractivity contribution in [2.24, 2.45) is 12.2 Å². The lowest BCUT2D eigenvalue weighted by Crippen LogP contribution is -2.18. The monoisotopic (exact) mass is 428 g/mol. The fraction of sp³-hybridized carbons (Fsp3) is 0.143. The molecule has 2 aromatic carbocycles. The molecule has 6 heteroatoms. The molecule has 1 aromatic heterocycles. The molecule has 0 aliphatic heterocycles. The summed E-state index contributed by atoms with van der Waals surface area (Å²) >= 11 is 3.43. The molecule has 0 amide bonds. The van der Waals surface area contributed by atoms with Crippen molar-refractivity contribution in [1.82, 2.24) is 4.57 Å². The third kappa shape index (κ3) is 4.52. The Balaban J connectivity index is 2.01. The molecule has 4 nitrogen and oxygen atoms in total. The van der Waals surface area contributed by atoms with Gasteiger partial charge in [0.1, 0.15) is 5.82 Å². The molecule has 0 saturated carbocycles. The van der Waals surface area contributed by atoms with Crippen molar-refractivity contribution in [3.05, 3.63) is 104 Å². The van der Waals surface area contributed by atoms with Crippen molar-refractivity contribution < 1.29 is 9.60 Å². The Morgan fingerprint density at radius 2 is 1.67 bits per heavy atom. The van der Waals surface area contributed by atoms with Crippen molar-refractivity contribution in [2.45, 2.75) is 12.3 Å². The lowest BCUT2D eigenvalue weighted by molar-refractivity contribution is 0.317. The molecule has 0 radical (unpaired) electrons. The Morgan fingerprint density at radius 1 is 1.07 bits per heavy atom. The van der Waals surface area contributed by atoms with Crippen LogP contribution < -0.4 is 5.56 Å². The number of oxime groups is 1. The van der Waals surface area contributed by atoms with Crippen LogP contribution in [0.4, 0.5) is 4.39 Å². The molecular formula is C21H18BrFN2O2. The summed E-state index contributed by atoms with van der Waals surface area (Å²) in [6, 6.07) is 17.2. The van der Waals surface area contributed by atoms with Gasteiger partial charge in [0.2, 0.25) is 5.56 Å². The molecule has 0 saturated heterocycles. The Labute approximate surface area is 164 Å². The predicted octanol–water partition coefficient (Wildman–Crippen LogP) is 4.69. The molecule has 138 valence electrons. The predicted molar refractivity (Wildman–Crippen MR) is 107 cm³/mol. The first-order valence-corrected chi connectivity index (χ1v) is 9.16. The fourth-order valence-electron chi connectivity index (χ4n) is 2.99. The highest BCUT2D eigenvalue weighted by molar-refractivity contribution is 9.10. The minimum absolute atomic E-state index is 0.137. The van der Waals surface area contributed by atoms with Crippen LogP contribution in [0, 0.1) is 5.82 Å². The average molecular weight is 429 g/mol. The number of hydrogen-bond donors (Lipinski definition) is 1. The van der Waals surface area contributed by atoms with Gasteiger partial charge in [-0.1, -0.05) is 45.4 Å². The highest BCUT2D eigenvalue weighted by Crippen LogP contribution is 2.30. The summed E-state index contributed by atoms with van der Waals surface area (Å²) in [4.78, 5) is 11.6. The normalized spacial score (nSPS) is 12.8. The second kappa shape index (κ2) is 8.31. The Hall–Kier alpha value is -2.73. The highest BCUT2D eigenvalue weighted by atomic mass is 79.9. The Kier molecular flexibility index (Phi) is 5.86. The lowest BCUT2D eigenvalue weighted by atomic mass is 9.85. The van der Waals surface area contributed by atoms with E-state index in [1.807, 2.05) is 24.3 Å². The number of benzene rings is 2. The van der Waals surface area contributed by atoms with Crippen LogP contribution in [0.15, 0.2) is 81.3 Å². The summed E-state index contributed by atoms with van der Waals surface area (Å²) in [6.07, 6.45) is 2.03. The molecule has 3 rings (SSSR count). The summed E-state index contributed by atoms with van der Waals surface area (Å²) in [6.45, 7) is 0. The number of aromatic nitrogens is 1. The van der Waals surface area contributed by atoms with Crippen LogP contribution in [0.2, 0.25) is 0 Å². The van der Waals surface area contributed by atoms with Gasteiger partial charge in [-0.05, 0) is 41.5 Å². The van der Waals surface area contributed by atoms with Gasteiger partial charge in [-0.2, -0.15) is 0 Å². The van der Waals surface area contributed by atoms with Gasteiger partial charge in [0.05, 0.1) is 5.71 Å². The summed E-state index contributed by atoms with van der Waals surface area (Å²) in [5.74, 6) is -0.441. The van der Waals surface area contributed by atoms with Crippen LogP contribution in [0.5, 0.6) is 0 Å². The van der Waals surface area contributed by atoms with E-state index in [-0.39, 0.29) is 17.3 Å². The largest absolute Gasteiger partial charge is 0.411 e. The lowest BCUT2D eigenvalue weighted by Gasteiger charge is -2.19. The number of rotatable bonds is 5. The summed E-state index contributed by atoms with van der Waals surface area (Å²) < 4.78 is 15.8. The first kappa shape index (κ1) is 19.0. The Morgan fingerprint density at radius 3 is 2.22 bits per heavy atom. The average Bonchev–Trinajstić information content (AvgIpc) is 2.67. The van der Waals surface area contributed by atoms with Crippen molar-refractivity contribution in [2.75, 3.05) is 0 Å². The first-order chi connectivity index (χ1) is 13.0. The van der Waals surface area contributed by atoms with Gasteiger partial charge in [0.15, 0.2) is 0 Å². The Bertz CT molecular complexity index is 966. The van der Waals surface area contributed by atoms with E-state index in [0.717, 1.165) is 15.6 Å². The maximum Gasteiger partial charge on any atom is 0.250 e. The van der Waals surface area contributed by atoms with E-state index in [0.29, 0.717) is 17.7 Å². The molecule has 1 heterocycles. The van der Waals surface area contributed by atoms with Crippen LogP contribution in [0.25, 0.3) is 0 Å². The maximum absolute atomic E-state index is 13.4.